The molecule has 0 aliphatic rings. The van der Waals surface area contributed by atoms with Gasteiger partial charge in [0.15, 0.2) is 11.6 Å². The molecule has 0 fully saturated rings. The minimum atomic E-state index is -0.850. The minimum Gasteiger partial charge on any atom is -0.384 e. The van der Waals surface area contributed by atoms with Gasteiger partial charge >= 0.3 is 0 Å². The van der Waals surface area contributed by atoms with Gasteiger partial charge < -0.3 is 11.1 Å². The average molecular weight is 172 g/mol. The zero-order chi connectivity index (χ0) is 8.97. The molecule has 1 rings (SSSR count). The molecule has 0 aromatic heterocycles. The maximum absolute atomic E-state index is 12.6. The van der Waals surface area contributed by atoms with Crippen molar-refractivity contribution in [2.75, 3.05) is 18.4 Å². The summed E-state index contributed by atoms with van der Waals surface area (Å²) in [6, 6.07) is 3.65. The van der Waals surface area contributed by atoms with E-state index in [4.69, 9.17) is 5.73 Å². The first-order valence-electron chi connectivity index (χ1n) is 3.63. The molecule has 1 aromatic carbocycles. The summed E-state index contributed by atoms with van der Waals surface area (Å²) in [5.74, 6) is -1.69. The number of nitrogens with two attached hydrogens (primary N) is 1. The molecule has 4 heteroatoms. The highest BCUT2D eigenvalue weighted by Gasteiger charge is 2.00. The summed E-state index contributed by atoms with van der Waals surface area (Å²) >= 11 is 0. The number of benzene rings is 1. The van der Waals surface area contributed by atoms with E-state index in [1.807, 2.05) is 0 Å². The standard InChI is InChI=1S/C8H10F2N2/c9-7-2-1-6(5-8(7)10)12-4-3-11/h1-2,5,12H,3-4,11H2. The van der Waals surface area contributed by atoms with Crippen LogP contribution >= 0.6 is 0 Å². The summed E-state index contributed by atoms with van der Waals surface area (Å²) in [6.07, 6.45) is 0. The SMILES string of the molecule is NCCNc1ccc(F)c(F)c1. The zero-order valence-electron chi connectivity index (χ0n) is 6.48. The number of rotatable bonds is 3. The van der Waals surface area contributed by atoms with Gasteiger partial charge in [-0.3, -0.25) is 0 Å². The van der Waals surface area contributed by atoms with Crippen molar-refractivity contribution < 1.29 is 8.78 Å². The lowest BCUT2D eigenvalue weighted by Crippen LogP contribution is -2.13. The van der Waals surface area contributed by atoms with Crippen LogP contribution in [0.3, 0.4) is 0 Å². The Bertz CT molecular complexity index is 263. The molecule has 0 bridgehead atoms. The van der Waals surface area contributed by atoms with Gasteiger partial charge in [0.1, 0.15) is 0 Å². The van der Waals surface area contributed by atoms with Crippen molar-refractivity contribution in [3.63, 3.8) is 0 Å². The molecule has 1 aromatic rings. The quantitative estimate of drug-likeness (QED) is 0.722. The fraction of sp³-hybridized carbons (Fsp3) is 0.250. The van der Waals surface area contributed by atoms with Gasteiger partial charge in [-0.2, -0.15) is 0 Å². The summed E-state index contributed by atoms with van der Waals surface area (Å²) in [6.45, 7) is 1.00. The van der Waals surface area contributed by atoms with E-state index in [0.29, 0.717) is 18.8 Å². The van der Waals surface area contributed by atoms with Crippen LogP contribution < -0.4 is 11.1 Å². The largest absolute Gasteiger partial charge is 0.384 e. The maximum Gasteiger partial charge on any atom is 0.160 e. The van der Waals surface area contributed by atoms with Crippen LogP contribution in [0.5, 0.6) is 0 Å². The molecular weight excluding hydrogens is 162 g/mol. The Morgan fingerprint density at radius 2 is 2.00 bits per heavy atom. The Morgan fingerprint density at radius 3 is 2.58 bits per heavy atom. The van der Waals surface area contributed by atoms with Crippen LogP contribution in [0.1, 0.15) is 0 Å². The van der Waals surface area contributed by atoms with Gasteiger partial charge in [-0.25, -0.2) is 8.78 Å². The highest BCUT2D eigenvalue weighted by atomic mass is 19.2. The minimum absolute atomic E-state index is 0.457. The van der Waals surface area contributed by atoms with E-state index in [1.54, 1.807) is 0 Å². The van der Waals surface area contributed by atoms with Crippen LogP contribution in [0.25, 0.3) is 0 Å². The fourth-order valence-electron chi connectivity index (χ4n) is 0.823. The Labute approximate surface area is 69.4 Å². The van der Waals surface area contributed by atoms with Gasteiger partial charge in [-0.05, 0) is 18.2 Å². The molecular formula is C8H10F2N2. The summed E-state index contributed by atoms with van der Waals surface area (Å²) in [5.41, 5.74) is 5.76. The van der Waals surface area contributed by atoms with Crippen molar-refractivity contribution >= 4 is 5.69 Å². The monoisotopic (exact) mass is 172 g/mol. The van der Waals surface area contributed by atoms with Gasteiger partial charge in [0.05, 0.1) is 0 Å². The van der Waals surface area contributed by atoms with Crippen LogP contribution in [0.15, 0.2) is 18.2 Å². The second-order valence-electron chi connectivity index (χ2n) is 2.34. The lowest BCUT2D eigenvalue weighted by molar-refractivity contribution is 0.509. The third kappa shape index (κ3) is 2.17. The summed E-state index contributed by atoms with van der Waals surface area (Å²) < 4.78 is 25.0. The van der Waals surface area contributed by atoms with Crippen molar-refractivity contribution in [2.24, 2.45) is 5.73 Å². The maximum atomic E-state index is 12.6. The number of nitrogens with one attached hydrogen (secondary N) is 1. The molecule has 0 aliphatic carbocycles. The molecule has 0 atom stereocenters. The zero-order valence-corrected chi connectivity index (χ0v) is 6.48. The Hall–Kier alpha value is -1.16. The highest BCUT2D eigenvalue weighted by Crippen LogP contribution is 2.12. The van der Waals surface area contributed by atoms with Gasteiger partial charge in [0.25, 0.3) is 0 Å². The van der Waals surface area contributed by atoms with E-state index >= 15 is 0 Å². The molecule has 2 nitrogen and oxygen atoms in total. The van der Waals surface area contributed by atoms with Crippen molar-refractivity contribution in [3.8, 4) is 0 Å². The predicted molar refractivity (Wildman–Crippen MR) is 43.9 cm³/mol. The van der Waals surface area contributed by atoms with Crippen molar-refractivity contribution in [3.05, 3.63) is 29.8 Å². The Kier molecular flexibility index (Phi) is 2.99. The van der Waals surface area contributed by atoms with Gasteiger partial charge in [0.2, 0.25) is 0 Å². The van der Waals surface area contributed by atoms with E-state index in [0.717, 1.165) is 12.1 Å². The van der Waals surface area contributed by atoms with Crippen LogP contribution in [0.2, 0.25) is 0 Å². The lowest BCUT2D eigenvalue weighted by Gasteiger charge is -2.03. The smallest absolute Gasteiger partial charge is 0.160 e. The molecule has 66 valence electrons. The van der Waals surface area contributed by atoms with Gasteiger partial charge in [-0.1, -0.05) is 0 Å². The van der Waals surface area contributed by atoms with E-state index in [-0.39, 0.29) is 0 Å². The van der Waals surface area contributed by atoms with Crippen molar-refractivity contribution in [2.45, 2.75) is 0 Å². The van der Waals surface area contributed by atoms with Crippen LogP contribution in [0.4, 0.5) is 14.5 Å². The molecule has 0 spiro atoms. The first kappa shape index (κ1) is 8.93. The summed E-state index contributed by atoms with van der Waals surface area (Å²) in [4.78, 5) is 0. The number of hydrogen-bond donors (Lipinski definition) is 2. The van der Waals surface area contributed by atoms with Crippen LogP contribution in [0, 0.1) is 11.6 Å². The lowest BCUT2D eigenvalue weighted by atomic mass is 10.3. The normalized spacial score (nSPS) is 9.92. The molecule has 0 amide bonds. The number of hydrogen-bond acceptors (Lipinski definition) is 2. The molecule has 12 heavy (non-hydrogen) atoms. The second-order valence-corrected chi connectivity index (χ2v) is 2.34. The first-order valence-corrected chi connectivity index (χ1v) is 3.63. The molecule has 0 saturated heterocycles. The Morgan fingerprint density at radius 1 is 1.25 bits per heavy atom. The fourth-order valence-corrected chi connectivity index (χ4v) is 0.823. The van der Waals surface area contributed by atoms with Crippen molar-refractivity contribution in [1.82, 2.24) is 0 Å². The van der Waals surface area contributed by atoms with Gasteiger partial charge in [-0.15, -0.1) is 0 Å². The van der Waals surface area contributed by atoms with E-state index in [9.17, 15) is 8.78 Å². The topological polar surface area (TPSA) is 38.0 Å². The third-order valence-corrected chi connectivity index (χ3v) is 1.39. The molecule has 0 radical (unpaired) electrons. The molecule has 0 heterocycles. The first-order chi connectivity index (χ1) is 5.74. The van der Waals surface area contributed by atoms with Gasteiger partial charge in [0, 0.05) is 18.8 Å². The molecule has 0 unspecified atom stereocenters. The third-order valence-electron chi connectivity index (χ3n) is 1.39. The van der Waals surface area contributed by atoms with E-state index < -0.39 is 11.6 Å². The molecule has 0 saturated carbocycles. The highest BCUT2D eigenvalue weighted by molar-refractivity contribution is 5.43. The van der Waals surface area contributed by atoms with Crippen molar-refractivity contribution in [1.29, 1.82) is 0 Å². The van der Waals surface area contributed by atoms with E-state index in [1.165, 1.54) is 6.07 Å². The summed E-state index contributed by atoms with van der Waals surface area (Å²) in [5, 5.41) is 2.83. The average Bonchev–Trinajstić information content (AvgIpc) is 2.07. The number of anilines is 1. The van der Waals surface area contributed by atoms with Crippen LogP contribution in [-0.4, -0.2) is 13.1 Å². The van der Waals surface area contributed by atoms with E-state index in [2.05, 4.69) is 5.32 Å². The van der Waals surface area contributed by atoms with Crippen LogP contribution in [-0.2, 0) is 0 Å². The molecule has 3 N–H and O–H groups in total. The number of halogens is 2. The summed E-state index contributed by atoms with van der Waals surface area (Å²) in [7, 11) is 0. The molecule has 0 aliphatic heterocycles. The second kappa shape index (κ2) is 4.01. The Balaban J connectivity index is 2.69. The predicted octanol–water partition coefficient (Wildman–Crippen LogP) is 1.34.